The molecule has 0 aliphatic rings. The van der Waals surface area contributed by atoms with E-state index in [9.17, 15) is 14.7 Å². The number of rotatable bonds is 7. The molecule has 7 heteroatoms. The van der Waals surface area contributed by atoms with Crippen LogP contribution < -0.4 is 4.74 Å². The number of aromatic nitrogens is 1. The summed E-state index contributed by atoms with van der Waals surface area (Å²) < 4.78 is 10.6. The zero-order chi connectivity index (χ0) is 21.0. The van der Waals surface area contributed by atoms with Crippen molar-refractivity contribution in [3.63, 3.8) is 0 Å². The van der Waals surface area contributed by atoms with Crippen molar-refractivity contribution >= 4 is 38.6 Å². The van der Waals surface area contributed by atoms with Gasteiger partial charge in [-0.1, -0.05) is 30.3 Å². The summed E-state index contributed by atoms with van der Waals surface area (Å²) in [4.78, 5) is 28.5. The standard InChI is InChI=1S/C22H20BrNO5/c1-3-29-19(26)11-10-17(25)21-22(27)20(23)15-9-8-13(12-16(15)24-21)14-6-4-5-7-18(14)28-2/h4-9,12,27H,3,10-11H2,1-2H3. The lowest BCUT2D eigenvalue weighted by Crippen LogP contribution is -2.09. The summed E-state index contributed by atoms with van der Waals surface area (Å²) in [7, 11) is 1.60. The van der Waals surface area contributed by atoms with Crippen molar-refractivity contribution in [2.45, 2.75) is 19.8 Å². The van der Waals surface area contributed by atoms with Gasteiger partial charge in [0.25, 0.3) is 0 Å². The van der Waals surface area contributed by atoms with Gasteiger partial charge in [0.15, 0.2) is 11.5 Å². The Morgan fingerprint density at radius 1 is 1.14 bits per heavy atom. The number of pyridine rings is 1. The highest BCUT2D eigenvalue weighted by molar-refractivity contribution is 9.10. The Bertz CT molecular complexity index is 1080. The third-order valence-corrected chi connectivity index (χ3v) is 5.25. The smallest absolute Gasteiger partial charge is 0.306 e. The number of fused-ring (bicyclic) bond motifs is 1. The van der Waals surface area contributed by atoms with Crippen molar-refractivity contribution in [2.24, 2.45) is 0 Å². The van der Waals surface area contributed by atoms with Gasteiger partial charge in [0.05, 0.1) is 30.1 Å². The Labute approximate surface area is 176 Å². The SMILES string of the molecule is CCOC(=O)CCC(=O)c1nc2cc(-c3ccccc3OC)ccc2c(Br)c1O. The van der Waals surface area contributed by atoms with Gasteiger partial charge in [0.2, 0.25) is 0 Å². The van der Waals surface area contributed by atoms with Gasteiger partial charge < -0.3 is 14.6 Å². The van der Waals surface area contributed by atoms with E-state index in [-0.39, 0.29) is 30.9 Å². The number of para-hydroxylation sites is 1. The molecule has 2 aromatic carbocycles. The minimum absolute atomic E-state index is 0.0648. The molecule has 150 valence electrons. The van der Waals surface area contributed by atoms with Gasteiger partial charge >= 0.3 is 5.97 Å². The summed E-state index contributed by atoms with van der Waals surface area (Å²) >= 11 is 3.36. The van der Waals surface area contributed by atoms with Crippen molar-refractivity contribution < 1.29 is 24.2 Å². The number of esters is 1. The van der Waals surface area contributed by atoms with E-state index in [1.165, 1.54) is 0 Å². The highest BCUT2D eigenvalue weighted by Crippen LogP contribution is 2.37. The number of benzene rings is 2. The summed E-state index contributed by atoms with van der Waals surface area (Å²) in [5, 5.41) is 11.1. The van der Waals surface area contributed by atoms with E-state index in [1.807, 2.05) is 42.5 Å². The lowest BCUT2D eigenvalue weighted by Gasteiger charge is -2.12. The first-order valence-electron chi connectivity index (χ1n) is 9.10. The van der Waals surface area contributed by atoms with Crippen molar-refractivity contribution in [2.75, 3.05) is 13.7 Å². The number of nitrogens with zero attached hydrogens (tertiary/aromatic N) is 1. The maximum atomic E-state index is 12.6. The van der Waals surface area contributed by atoms with E-state index >= 15 is 0 Å². The van der Waals surface area contributed by atoms with Gasteiger partial charge in [-0.3, -0.25) is 9.59 Å². The Kier molecular flexibility index (Phi) is 6.49. The van der Waals surface area contributed by atoms with E-state index in [0.29, 0.717) is 15.4 Å². The van der Waals surface area contributed by atoms with E-state index in [0.717, 1.165) is 16.9 Å². The minimum Gasteiger partial charge on any atom is -0.504 e. The van der Waals surface area contributed by atoms with Crippen LogP contribution in [0.25, 0.3) is 22.0 Å². The summed E-state index contributed by atoms with van der Waals surface area (Å²) in [5.41, 5.74) is 2.21. The Balaban J connectivity index is 2.01. The van der Waals surface area contributed by atoms with E-state index < -0.39 is 11.8 Å². The lowest BCUT2D eigenvalue weighted by molar-refractivity contribution is -0.143. The highest BCUT2D eigenvalue weighted by Gasteiger charge is 2.20. The fraction of sp³-hybridized carbons (Fsp3) is 0.227. The second kappa shape index (κ2) is 9.05. The number of Topliss-reactive ketones (excluding diaryl/α,β-unsaturated/α-hetero) is 1. The first kappa shape index (κ1) is 20.8. The van der Waals surface area contributed by atoms with E-state index in [4.69, 9.17) is 9.47 Å². The van der Waals surface area contributed by atoms with Crippen LogP contribution in [0.5, 0.6) is 11.5 Å². The molecule has 0 fully saturated rings. The molecule has 0 atom stereocenters. The topological polar surface area (TPSA) is 85.7 Å². The fourth-order valence-corrected chi connectivity index (χ4v) is 3.55. The maximum Gasteiger partial charge on any atom is 0.306 e. The summed E-state index contributed by atoms with van der Waals surface area (Å²) in [5.74, 6) is -0.411. The molecule has 1 aromatic heterocycles. The van der Waals surface area contributed by atoms with E-state index in [2.05, 4.69) is 20.9 Å². The number of methoxy groups -OCH3 is 1. The second-order valence-electron chi connectivity index (χ2n) is 6.28. The molecule has 0 saturated heterocycles. The van der Waals surface area contributed by atoms with Crippen LogP contribution in [0.15, 0.2) is 46.9 Å². The third-order valence-electron chi connectivity index (χ3n) is 4.44. The number of carbonyl (C=O) groups excluding carboxylic acids is 2. The molecule has 29 heavy (non-hydrogen) atoms. The van der Waals surface area contributed by atoms with Crippen LogP contribution in [0.2, 0.25) is 0 Å². The van der Waals surface area contributed by atoms with Gasteiger partial charge in [-0.2, -0.15) is 0 Å². The molecular weight excluding hydrogens is 438 g/mol. The molecule has 0 spiro atoms. The minimum atomic E-state index is -0.460. The molecule has 0 bridgehead atoms. The number of aromatic hydroxyl groups is 1. The van der Waals surface area contributed by atoms with Crippen molar-refractivity contribution in [1.29, 1.82) is 0 Å². The number of carbonyl (C=O) groups is 2. The zero-order valence-electron chi connectivity index (χ0n) is 16.1. The molecule has 6 nitrogen and oxygen atoms in total. The van der Waals surface area contributed by atoms with Crippen molar-refractivity contribution in [3.05, 3.63) is 52.6 Å². The van der Waals surface area contributed by atoms with Gasteiger partial charge in [-0.15, -0.1) is 0 Å². The molecule has 3 aromatic rings. The number of hydrogen-bond acceptors (Lipinski definition) is 6. The number of ketones is 1. The number of ether oxygens (including phenoxy) is 2. The highest BCUT2D eigenvalue weighted by atomic mass is 79.9. The van der Waals surface area contributed by atoms with Gasteiger partial charge in [-0.05, 0) is 40.5 Å². The van der Waals surface area contributed by atoms with Gasteiger partial charge in [0.1, 0.15) is 11.4 Å². The largest absolute Gasteiger partial charge is 0.504 e. The van der Waals surface area contributed by atoms with Crippen LogP contribution in [-0.4, -0.2) is 35.6 Å². The van der Waals surface area contributed by atoms with Gasteiger partial charge in [0, 0.05) is 17.4 Å². The molecule has 0 saturated carbocycles. The Hall–Kier alpha value is -2.93. The molecule has 1 N–H and O–H groups in total. The monoisotopic (exact) mass is 457 g/mol. The molecule has 1 heterocycles. The van der Waals surface area contributed by atoms with Crippen molar-refractivity contribution in [1.82, 2.24) is 4.98 Å². The third kappa shape index (κ3) is 4.40. The van der Waals surface area contributed by atoms with Crippen LogP contribution in [-0.2, 0) is 9.53 Å². The first-order valence-corrected chi connectivity index (χ1v) is 9.90. The van der Waals surface area contributed by atoms with Crippen LogP contribution in [0.4, 0.5) is 0 Å². The van der Waals surface area contributed by atoms with Crippen LogP contribution in [0.1, 0.15) is 30.3 Å². The predicted octanol–water partition coefficient (Wildman–Crippen LogP) is 4.90. The summed E-state index contributed by atoms with van der Waals surface area (Å²) in [6.45, 7) is 1.95. The van der Waals surface area contributed by atoms with E-state index in [1.54, 1.807) is 14.0 Å². The Morgan fingerprint density at radius 2 is 1.90 bits per heavy atom. The van der Waals surface area contributed by atoms with Crippen LogP contribution in [0, 0.1) is 0 Å². The lowest BCUT2D eigenvalue weighted by atomic mass is 10.0. The first-order chi connectivity index (χ1) is 14.0. The maximum absolute atomic E-state index is 12.6. The quantitative estimate of drug-likeness (QED) is 0.400. The van der Waals surface area contributed by atoms with Gasteiger partial charge in [-0.25, -0.2) is 4.98 Å². The molecule has 0 aliphatic carbocycles. The average Bonchev–Trinajstić information content (AvgIpc) is 2.74. The second-order valence-corrected chi connectivity index (χ2v) is 7.08. The molecule has 0 aliphatic heterocycles. The number of hydrogen-bond donors (Lipinski definition) is 1. The molecular formula is C22H20BrNO5. The zero-order valence-corrected chi connectivity index (χ0v) is 17.7. The number of halogens is 1. The molecule has 0 radical (unpaired) electrons. The Morgan fingerprint density at radius 3 is 2.62 bits per heavy atom. The molecule has 3 rings (SSSR count). The average molecular weight is 458 g/mol. The normalized spacial score (nSPS) is 10.7. The van der Waals surface area contributed by atoms with Crippen LogP contribution >= 0.6 is 15.9 Å². The molecule has 0 unspecified atom stereocenters. The molecule has 0 amide bonds. The summed E-state index contributed by atoms with van der Waals surface area (Å²) in [6.07, 6.45) is -0.158. The summed E-state index contributed by atoms with van der Waals surface area (Å²) in [6, 6.07) is 13.1. The predicted molar refractivity (Wildman–Crippen MR) is 113 cm³/mol. The van der Waals surface area contributed by atoms with Crippen molar-refractivity contribution in [3.8, 4) is 22.6 Å². The fourth-order valence-electron chi connectivity index (χ4n) is 3.03. The van der Waals surface area contributed by atoms with Crippen LogP contribution in [0.3, 0.4) is 0 Å².